The summed E-state index contributed by atoms with van der Waals surface area (Å²) >= 11 is 5.99. The Kier molecular flexibility index (Phi) is 6.52. The number of benzene rings is 2. The Bertz CT molecular complexity index is 1270. The van der Waals surface area contributed by atoms with Crippen molar-refractivity contribution >= 4 is 35.0 Å². The molecule has 3 fully saturated rings. The molecule has 6 rings (SSSR count). The normalized spacial score (nSPS) is 29.9. The zero-order valence-electron chi connectivity index (χ0n) is 21.4. The van der Waals surface area contributed by atoms with E-state index in [0.717, 1.165) is 36.8 Å². The fraction of sp³-hybridized carbons (Fsp3) is 0.433. The smallest absolute Gasteiger partial charge is 0.246 e. The van der Waals surface area contributed by atoms with Crippen LogP contribution in [0.5, 0.6) is 0 Å². The monoisotopic (exact) mass is 533 g/mol. The summed E-state index contributed by atoms with van der Waals surface area (Å²) in [5, 5.41) is 6.72. The van der Waals surface area contributed by atoms with Crippen LogP contribution in [0.1, 0.15) is 43.2 Å². The van der Waals surface area contributed by atoms with Gasteiger partial charge >= 0.3 is 0 Å². The van der Waals surface area contributed by atoms with Crippen molar-refractivity contribution < 1.29 is 19.1 Å². The number of amides is 3. The number of fused-ring (bicyclic) bond motifs is 1. The number of carbonyl (C=O) groups excluding carboxylic acids is 3. The van der Waals surface area contributed by atoms with Gasteiger partial charge in [-0.05, 0) is 49.6 Å². The van der Waals surface area contributed by atoms with Gasteiger partial charge in [0.2, 0.25) is 17.7 Å². The Labute approximate surface area is 227 Å². The molecule has 38 heavy (non-hydrogen) atoms. The van der Waals surface area contributed by atoms with Crippen LogP contribution in [0.2, 0.25) is 5.02 Å². The largest absolute Gasteiger partial charge is 0.359 e. The molecule has 7 nitrogen and oxygen atoms in total. The fourth-order valence-corrected chi connectivity index (χ4v) is 6.74. The molecule has 0 unspecified atom stereocenters. The summed E-state index contributed by atoms with van der Waals surface area (Å²) in [6.45, 7) is 2.28. The minimum Gasteiger partial charge on any atom is -0.359 e. The number of halogens is 1. The molecular weight excluding hydrogens is 502 g/mol. The second-order valence-electron chi connectivity index (χ2n) is 11.0. The highest BCUT2D eigenvalue weighted by Gasteiger charge is 2.72. The van der Waals surface area contributed by atoms with E-state index in [9.17, 15) is 14.4 Å². The van der Waals surface area contributed by atoms with Crippen molar-refractivity contribution in [3.05, 3.63) is 76.8 Å². The number of carbonyl (C=O) groups is 3. The van der Waals surface area contributed by atoms with E-state index in [0.29, 0.717) is 10.7 Å². The Hall–Kier alpha value is -3.16. The summed E-state index contributed by atoms with van der Waals surface area (Å²) in [6, 6.07) is 14.0. The Morgan fingerprint density at radius 2 is 1.74 bits per heavy atom. The molecule has 5 atom stereocenters. The van der Waals surface area contributed by atoms with Crippen molar-refractivity contribution in [1.82, 2.24) is 10.2 Å². The van der Waals surface area contributed by atoms with Crippen LogP contribution in [0.4, 0.5) is 5.69 Å². The van der Waals surface area contributed by atoms with E-state index in [2.05, 4.69) is 10.6 Å². The van der Waals surface area contributed by atoms with E-state index in [1.54, 1.807) is 29.2 Å². The molecule has 1 saturated carbocycles. The Morgan fingerprint density at radius 3 is 2.45 bits per heavy atom. The highest BCUT2D eigenvalue weighted by Crippen LogP contribution is 2.55. The van der Waals surface area contributed by atoms with Gasteiger partial charge in [0.25, 0.3) is 0 Å². The standard InChI is InChI=1S/C30H32ClN3O4/c1-18-7-9-19(10-8-18)17-34-26(28(36)33-21-5-3-2-4-6-21)30-16-15-23(38-30)24(25(30)29(34)37)27(35)32-22-13-11-20(31)12-14-22/h7-16,21,23-26H,2-6,17H2,1H3,(H,32,35)(H,33,36)/t23-,24+,25-,26+,30+/m1/s1. The lowest BCUT2D eigenvalue weighted by atomic mass is 9.74. The Balaban J connectivity index is 1.32. The van der Waals surface area contributed by atoms with Gasteiger partial charge in [0.15, 0.2) is 0 Å². The van der Waals surface area contributed by atoms with Gasteiger partial charge in [-0.25, -0.2) is 0 Å². The molecule has 8 heteroatoms. The maximum atomic E-state index is 14.1. The number of aryl methyl sites for hydroxylation is 1. The molecule has 0 aromatic heterocycles. The summed E-state index contributed by atoms with van der Waals surface area (Å²) in [6.07, 6.45) is 8.35. The van der Waals surface area contributed by atoms with Gasteiger partial charge in [-0.1, -0.05) is 72.8 Å². The fourth-order valence-electron chi connectivity index (χ4n) is 6.61. The maximum absolute atomic E-state index is 14.1. The van der Waals surface area contributed by atoms with Gasteiger partial charge < -0.3 is 20.3 Å². The van der Waals surface area contributed by atoms with Crippen molar-refractivity contribution in [3.8, 4) is 0 Å². The first kappa shape index (κ1) is 25.1. The third-order valence-corrected chi connectivity index (χ3v) is 8.71. The first-order chi connectivity index (χ1) is 18.4. The predicted molar refractivity (Wildman–Crippen MR) is 144 cm³/mol. The second-order valence-corrected chi connectivity index (χ2v) is 11.4. The van der Waals surface area contributed by atoms with E-state index >= 15 is 0 Å². The molecule has 2 aromatic carbocycles. The number of anilines is 1. The van der Waals surface area contributed by atoms with Crippen molar-refractivity contribution in [2.75, 3.05) is 5.32 Å². The summed E-state index contributed by atoms with van der Waals surface area (Å²) in [5.41, 5.74) is 1.46. The van der Waals surface area contributed by atoms with E-state index < -0.39 is 29.6 Å². The van der Waals surface area contributed by atoms with Crippen molar-refractivity contribution in [2.45, 2.75) is 69.4 Å². The van der Waals surface area contributed by atoms with E-state index in [-0.39, 0.29) is 30.3 Å². The van der Waals surface area contributed by atoms with Crippen LogP contribution in [0.25, 0.3) is 0 Å². The van der Waals surface area contributed by atoms with Crippen LogP contribution < -0.4 is 10.6 Å². The molecule has 2 saturated heterocycles. The topological polar surface area (TPSA) is 87.7 Å². The molecule has 3 aliphatic heterocycles. The predicted octanol–water partition coefficient (Wildman–Crippen LogP) is 4.39. The first-order valence-electron chi connectivity index (χ1n) is 13.5. The summed E-state index contributed by atoms with van der Waals surface area (Å²) < 4.78 is 6.44. The molecule has 1 aliphatic carbocycles. The lowest BCUT2D eigenvalue weighted by Crippen LogP contribution is -2.56. The van der Waals surface area contributed by atoms with Gasteiger partial charge in [-0.3, -0.25) is 14.4 Å². The molecule has 198 valence electrons. The number of likely N-dealkylation sites (tertiary alicyclic amines) is 1. The van der Waals surface area contributed by atoms with Crippen LogP contribution >= 0.6 is 11.6 Å². The van der Waals surface area contributed by atoms with Gasteiger partial charge in [0, 0.05) is 23.3 Å². The zero-order valence-corrected chi connectivity index (χ0v) is 22.1. The molecular formula is C30H32ClN3O4. The van der Waals surface area contributed by atoms with Crippen molar-refractivity contribution in [2.24, 2.45) is 11.8 Å². The zero-order chi connectivity index (χ0) is 26.4. The summed E-state index contributed by atoms with van der Waals surface area (Å²) in [5.74, 6) is -2.25. The third-order valence-electron chi connectivity index (χ3n) is 8.46. The molecule has 2 bridgehead atoms. The molecule has 0 radical (unpaired) electrons. The van der Waals surface area contributed by atoms with Crippen LogP contribution in [0, 0.1) is 18.8 Å². The molecule has 3 amide bonds. The molecule has 2 aromatic rings. The van der Waals surface area contributed by atoms with Crippen LogP contribution in [-0.2, 0) is 25.7 Å². The first-order valence-corrected chi connectivity index (χ1v) is 13.8. The third kappa shape index (κ3) is 4.31. The molecule has 4 aliphatic rings. The second kappa shape index (κ2) is 9.86. The SMILES string of the molecule is Cc1ccc(CN2C(=O)[C@H]3[C@@H](C(=O)Nc4ccc(Cl)cc4)[C@H]4C=C[C@@]3(O4)[C@@H]2C(=O)NC2CCCCC2)cc1. The lowest BCUT2D eigenvalue weighted by molar-refractivity contribution is -0.142. The summed E-state index contributed by atoms with van der Waals surface area (Å²) in [7, 11) is 0. The number of nitrogens with one attached hydrogen (secondary N) is 2. The van der Waals surface area contributed by atoms with Gasteiger partial charge in [-0.15, -0.1) is 0 Å². The number of hydrogen-bond acceptors (Lipinski definition) is 4. The average Bonchev–Trinajstić information content (AvgIpc) is 3.55. The van der Waals surface area contributed by atoms with Crippen LogP contribution in [0.15, 0.2) is 60.7 Å². The van der Waals surface area contributed by atoms with Crippen LogP contribution in [0.3, 0.4) is 0 Å². The van der Waals surface area contributed by atoms with Gasteiger partial charge in [0.1, 0.15) is 11.6 Å². The summed E-state index contributed by atoms with van der Waals surface area (Å²) in [4.78, 5) is 43.2. The van der Waals surface area contributed by atoms with E-state index in [4.69, 9.17) is 16.3 Å². The molecule has 1 spiro atoms. The minimum absolute atomic E-state index is 0.0922. The maximum Gasteiger partial charge on any atom is 0.246 e. The number of hydrogen-bond donors (Lipinski definition) is 2. The van der Waals surface area contributed by atoms with E-state index in [1.807, 2.05) is 43.3 Å². The number of ether oxygens (including phenoxy) is 1. The number of nitrogens with zero attached hydrogens (tertiary/aromatic N) is 1. The van der Waals surface area contributed by atoms with Crippen LogP contribution in [-0.4, -0.2) is 46.4 Å². The van der Waals surface area contributed by atoms with Crippen molar-refractivity contribution in [3.63, 3.8) is 0 Å². The number of rotatable bonds is 6. The molecule has 3 heterocycles. The Morgan fingerprint density at radius 1 is 1.03 bits per heavy atom. The van der Waals surface area contributed by atoms with E-state index in [1.165, 1.54) is 6.42 Å². The molecule has 2 N–H and O–H groups in total. The average molecular weight is 534 g/mol. The quantitative estimate of drug-likeness (QED) is 0.539. The highest BCUT2D eigenvalue weighted by atomic mass is 35.5. The highest BCUT2D eigenvalue weighted by molar-refractivity contribution is 6.30. The van der Waals surface area contributed by atoms with Gasteiger partial charge in [0.05, 0.1) is 17.9 Å². The van der Waals surface area contributed by atoms with Gasteiger partial charge in [-0.2, -0.15) is 0 Å². The minimum atomic E-state index is -1.17. The van der Waals surface area contributed by atoms with Crippen molar-refractivity contribution in [1.29, 1.82) is 0 Å². The lowest BCUT2D eigenvalue weighted by Gasteiger charge is -2.34.